The van der Waals surface area contributed by atoms with E-state index in [4.69, 9.17) is 36.5 Å². The van der Waals surface area contributed by atoms with Crippen LogP contribution in [-0.2, 0) is 34.4 Å². The molecule has 0 fully saturated rings. The van der Waals surface area contributed by atoms with Gasteiger partial charge in [0, 0.05) is 32.7 Å². The molecule has 0 atom stereocenters. The molecule has 0 rings (SSSR count). The Kier molecular flexibility index (Phi) is 49.9. The van der Waals surface area contributed by atoms with Gasteiger partial charge in [0.15, 0.2) is 12.3 Å². The van der Waals surface area contributed by atoms with Crippen molar-refractivity contribution in [2.45, 2.75) is 0 Å². The van der Waals surface area contributed by atoms with E-state index in [-0.39, 0.29) is 114 Å². The Morgan fingerprint density at radius 2 is 0.909 bits per heavy atom. The van der Waals surface area contributed by atoms with E-state index in [1.54, 1.807) is 0 Å². The minimum Gasteiger partial charge on any atom is -0.549 e. The maximum Gasteiger partial charge on any atom is 1.00 e. The molecule has 0 saturated heterocycles. The molecule has 0 aliphatic heterocycles. The van der Waals surface area contributed by atoms with Crippen LogP contribution in [0.25, 0.3) is 0 Å². The van der Waals surface area contributed by atoms with Gasteiger partial charge in [-0.1, -0.05) is 0 Å². The first-order chi connectivity index (χ1) is 13.6. The van der Waals surface area contributed by atoms with Gasteiger partial charge in [0.25, 0.3) is 0 Å². The molecule has 0 bridgehead atoms. The van der Waals surface area contributed by atoms with Crippen molar-refractivity contribution in [3.63, 3.8) is 0 Å². The quantitative estimate of drug-likeness (QED) is 0.0902. The van der Waals surface area contributed by atoms with Gasteiger partial charge in [-0.2, -0.15) is 8.42 Å². The molecule has 0 radical (unpaired) electrons. The van der Waals surface area contributed by atoms with Crippen molar-refractivity contribution in [3.05, 3.63) is 0 Å². The van der Waals surface area contributed by atoms with Gasteiger partial charge in [0.2, 0.25) is 0 Å². The van der Waals surface area contributed by atoms with Crippen LogP contribution >= 0.6 is 12.3 Å². The molecule has 22 heteroatoms. The molecule has 0 spiro atoms. The van der Waals surface area contributed by atoms with Crippen LogP contribution in [0.4, 0.5) is 0 Å². The normalized spacial score (nSPS) is 8.91. The van der Waals surface area contributed by atoms with Crippen molar-refractivity contribution < 1.29 is 160 Å². The molecule has 0 aromatic heterocycles. The van der Waals surface area contributed by atoms with E-state index >= 15 is 0 Å². The fraction of sp³-hybridized carbons (Fsp3) is 0.545. The van der Waals surface area contributed by atoms with Crippen LogP contribution in [0.1, 0.15) is 0 Å². The Balaban J connectivity index is -0.0000000886. The summed E-state index contributed by atoms with van der Waals surface area (Å²) >= 11 is -0.250. The van der Waals surface area contributed by atoms with Gasteiger partial charge in [-0.25, -0.2) is 0 Å². The minimum absolute atomic E-state index is 0. The van der Waals surface area contributed by atoms with Crippen molar-refractivity contribution in [1.82, 2.24) is 9.80 Å². The Hall–Kier alpha value is 0.610. The summed E-state index contributed by atoms with van der Waals surface area (Å²) in [6, 6.07) is 0. The van der Waals surface area contributed by atoms with Gasteiger partial charge in [-0.3, -0.25) is 23.7 Å². The van der Waals surface area contributed by atoms with Gasteiger partial charge in [0.05, 0.1) is 24.5 Å². The number of rotatable bonds is 11. The Morgan fingerprint density at radius 1 is 0.727 bits per heavy atom. The molecule has 0 aliphatic rings. The first-order valence-corrected chi connectivity index (χ1v) is 8.94. The van der Waals surface area contributed by atoms with E-state index in [0.717, 1.165) is 9.80 Å². The minimum atomic E-state index is -4.67. The summed E-state index contributed by atoms with van der Waals surface area (Å²) in [4.78, 5) is 51.7. The molecule has 0 unspecified atom stereocenters. The van der Waals surface area contributed by atoms with Gasteiger partial charge in [-0.05, 0) is 0 Å². The Labute approximate surface area is 259 Å². The number of carbonyl (C=O) groups excluding carboxylic acids is 4. The summed E-state index contributed by atoms with van der Waals surface area (Å²) in [5.41, 5.74) is 0. The van der Waals surface area contributed by atoms with Crippen molar-refractivity contribution in [1.29, 1.82) is 0 Å². The topological polar surface area (TPSA) is 296 Å². The van der Waals surface area contributed by atoms with Crippen LogP contribution in [0.3, 0.4) is 0 Å². The third-order valence-corrected chi connectivity index (χ3v) is 2.15. The number of nitrogens with zero attached hydrogens (tertiary/aromatic N) is 2. The summed E-state index contributed by atoms with van der Waals surface area (Å²) < 4.78 is 45.7. The average Bonchev–Trinajstić information content (AvgIpc) is 2.51. The molecular formula is C11H19N2Na3O15S2. The number of hydrogen-bond acceptors (Lipinski definition) is 15. The third-order valence-electron chi connectivity index (χ3n) is 2.15. The monoisotopic (exact) mass is 552 g/mol. The summed E-state index contributed by atoms with van der Waals surface area (Å²) in [5, 5.41) is 39.8. The zero-order chi connectivity index (χ0) is 24.9. The molecule has 5 N–H and O–H groups in total. The molecule has 17 nitrogen and oxygen atoms in total. The molecule has 0 amide bonds. The first kappa shape index (κ1) is 50.5. The molecule has 33 heavy (non-hydrogen) atoms. The molecule has 0 saturated carbocycles. The average molecular weight is 552 g/mol. The van der Waals surface area contributed by atoms with Crippen LogP contribution in [0.5, 0.6) is 0 Å². The van der Waals surface area contributed by atoms with Crippen molar-refractivity contribution in [2.24, 2.45) is 0 Å². The van der Waals surface area contributed by atoms with Gasteiger partial charge >= 0.3 is 105 Å². The molecule has 0 aromatic rings. The fourth-order valence-corrected chi connectivity index (χ4v) is 1.45. The maximum absolute atomic E-state index is 10.5. The van der Waals surface area contributed by atoms with E-state index in [1.165, 1.54) is 0 Å². The van der Waals surface area contributed by atoms with Crippen LogP contribution in [-0.4, -0.2) is 111 Å². The zero-order valence-electron chi connectivity index (χ0n) is 18.0. The number of aliphatic carboxylic acids is 4. The summed E-state index contributed by atoms with van der Waals surface area (Å²) in [6.07, 6.45) is 0. The van der Waals surface area contributed by atoms with E-state index in [2.05, 4.69) is 0 Å². The smallest absolute Gasteiger partial charge is 0.549 e. The van der Waals surface area contributed by atoms with Crippen molar-refractivity contribution >= 4 is 53.4 Å². The summed E-state index contributed by atoms with van der Waals surface area (Å²) in [5.74, 6) is -5.82. The maximum atomic E-state index is 10.5. The number of carbonyl (C=O) groups is 5. The van der Waals surface area contributed by atoms with Crippen molar-refractivity contribution in [3.8, 4) is 0 Å². The van der Waals surface area contributed by atoms with Crippen LogP contribution in [0.15, 0.2) is 0 Å². The Morgan fingerprint density at radius 3 is 1.06 bits per heavy atom. The second-order valence-corrected chi connectivity index (χ2v) is 5.52. The summed E-state index contributed by atoms with van der Waals surface area (Å²) in [6.45, 7) is -1.00. The van der Waals surface area contributed by atoms with Gasteiger partial charge in [0.1, 0.15) is 6.79 Å². The molecule has 0 heterocycles. The SMILES string of the molecule is C=O.O=C([O-])CN(CCN(CC(=O)[O-])CC(=O)O)CC(=O)[O-].O=S(=O)(O)O.OSO.[Na+].[Na+].[Na+]. The fourth-order valence-electron chi connectivity index (χ4n) is 1.45. The van der Waals surface area contributed by atoms with Crippen molar-refractivity contribution in [2.75, 3.05) is 39.3 Å². The molecule has 0 aliphatic carbocycles. The molecule has 0 aromatic carbocycles. The standard InChI is InChI=1S/C10H16N2O8.CH2O.3Na.H2O4S.H2O2S/c13-7(14)3-11(4-8(15)16)1-2-12(5-9(17)18)6-10(19)20;1-2;;;;1-5(2,3)4;1-3-2/h1-6H2,(H,13,14)(H,15,16)(H,17,18)(H,19,20);1H2;;;;(H2,1,2,3,4);1-2H/q;;3*+1;;/p-3. The van der Waals surface area contributed by atoms with Gasteiger partial charge < -0.3 is 48.7 Å². The number of carboxylic acid groups (broad SMARTS) is 4. The predicted molar refractivity (Wildman–Crippen MR) is 89.7 cm³/mol. The van der Waals surface area contributed by atoms with Gasteiger partial charge in [-0.15, -0.1) is 0 Å². The predicted octanol–water partition coefficient (Wildman–Crippen LogP) is -15.2. The second kappa shape index (κ2) is 32.6. The van der Waals surface area contributed by atoms with E-state index in [0.29, 0.717) is 0 Å². The van der Waals surface area contributed by atoms with E-state index < -0.39 is 60.5 Å². The van der Waals surface area contributed by atoms with E-state index in [1.807, 2.05) is 6.79 Å². The van der Waals surface area contributed by atoms with E-state index in [9.17, 15) is 34.5 Å². The number of hydrogen-bond donors (Lipinski definition) is 5. The zero-order valence-corrected chi connectivity index (χ0v) is 25.6. The summed E-state index contributed by atoms with van der Waals surface area (Å²) in [7, 11) is -4.67. The Bertz CT molecular complexity index is 550. The first-order valence-electron chi connectivity index (χ1n) is 6.82. The van der Waals surface area contributed by atoms with Crippen LogP contribution in [0.2, 0.25) is 0 Å². The molecular weight excluding hydrogens is 533 g/mol. The van der Waals surface area contributed by atoms with Crippen LogP contribution in [0, 0.1) is 0 Å². The second-order valence-electron chi connectivity index (χ2n) is 4.46. The molecule has 178 valence electrons. The van der Waals surface area contributed by atoms with Crippen LogP contribution < -0.4 is 104 Å². The number of carboxylic acids is 4. The third kappa shape index (κ3) is 65.4. The largest absolute Gasteiger partial charge is 1.00 e.